The first-order valence-corrected chi connectivity index (χ1v) is 21.7. The van der Waals surface area contributed by atoms with Gasteiger partial charge in [-0.1, -0.05) is 43.3 Å². The highest BCUT2D eigenvalue weighted by Crippen LogP contribution is 2.60. The molecule has 0 bridgehead atoms. The summed E-state index contributed by atoms with van der Waals surface area (Å²) in [5.41, 5.74) is 0.717. The van der Waals surface area contributed by atoms with E-state index in [2.05, 4.69) is 5.32 Å². The Labute approximate surface area is 328 Å². The van der Waals surface area contributed by atoms with Gasteiger partial charge >= 0.3 is 0 Å². The second kappa shape index (κ2) is 15.3. The maximum absolute atomic E-state index is 14.9. The molecule has 3 aromatic rings. The highest BCUT2D eigenvalue weighted by atomic mass is 28.4. The standard InChI is InChI=1S/C39H46N4O13Si/c1-20-35(57(2,3)54)29(16-30(45)41-18-23-7-5-4-6-22(23)14-26(41)19-44)56-39(20)27-15-25(43(52)53)12-13-28(27)42(38(39)51)17-21-8-10-24(11-9-21)40-36(49)34-32(47)31(46)33(48)37(50)55-34/h4-13,15,20,26,29,31-35,37,44,46-48,50,54H,14,16-19H2,1-3H3,(H,40,49)/t20-,26-,29+,31-,32-,33+,34-,35-,37+,39+/m0/s1. The Bertz CT molecular complexity index is 2060. The van der Waals surface area contributed by atoms with Crippen molar-refractivity contribution in [1.82, 2.24) is 4.90 Å². The predicted octanol–water partition coefficient (Wildman–Crippen LogP) is 1.01. The normalized spacial score (nSPS) is 31.0. The number of hydrogen-bond acceptors (Lipinski definition) is 13. The first kappa shape index (κ1) is 40.6. The van der Waals surface area contributed by atoms with Crippen molar-refractivity contribution in [3.05, 3.63) is 99.1 Å². The van der Waals surface area contributed by atoms with Crippen molar-refractivity contribution in [2.45, 2.75) is 99.9 Å². The maximum Gasteiger partial charge on any atom is 0.269 e. The topological polar surface area (TPSA) is 253 Å². The lowest BCUT2D eigenvalue weighted by Gasteiger charge is -2.37. The summed E-state index contributed by atoms with van der Waals surface area (Å²) in [5.74, 6) is -2.45. The number of fused-ring (bicyclic) bond motifs is 3. The number of nitro groups is 1. The van der Waals surface area contributed by atoms with Crippen molar-refractivity contribution >= 4 is 43.1 Å². The second-order valence-corrected chi connectivity index (χ2v) is 19.8. The Morgan fingerprint density at radius 1 is 1.00 bits per heavy atom. The van der Waals surface area contributed by atoms with Gasteiger partial charge in [0.2, 0.25) is 5.91 Å². The van der Waals surface area contributed by atoms with Crippen LogP contribution in [0.1, 0.15) is 35.6 Å². The van der Waals surface area contributed by atoms with Crippen LogP contribution in [0, 0.1) is 16.0 Å². The van der Waals surface area contributed by atoms with Gasteiger partial charge in [-0.3, -0.25) is 24.5 Å². The van der Waals surface area contributed by atoms with E-state index < -0.39 is 85.0 Å². The van der Waals surface area contributed by atoms with Gasteiger partial charge in [0.15, 0.2) is 26.3 Å². The van der Waals surface area contributed by atoms with Crippen molar-refractivity contribution < 1.29 is 59.1 Å². The van der Waals surface area contributed by atoms with Crippen LogP contribution in [0.25, 0.3) is 0 Å². The number of non-ortho nitro benzene ring substituents is 1. The molecule has 4 aliphatic heterocycles. The molecule has 3 amide bonds. The quantitative estimate of drug-likeness (QED) is 0.0907. The number of carbonyl (C=O) groups is 3. The minimum absolute atomic E-state index is 0.0317. The van der Waals surface area contributed by atoms with Crippen LogP contribution in [0.2, 0.25) is 18.6 Å². The van der Waals surface area contributed by atoms with E-state index in [9.17, 15) is 54.8 Å². The number of nitro benzene ring substituents is 1. The van der Waals surface area contributed by atoms with Gasteiger partial charge in [-0.25, -0.2) is 0 Å². The first-order chi connectivity index (χ1) is 27.0. The molecule has 0 aliphatic carbocycles. The second-order valence-electron chi connectivity index (χ2n) is 15.9. The van der Waals surface area contributed by atoms with Crippen molar-refractivity contribution in [1.29, 1.82) is 0 Å². The lowest BCUT2D eigenvalue weighted by atomic mass is 9.82. The summed E-state index contributed by atoms with van der Waals surface area (Å²) in [7, 11) is -3.22. The molecule has 17 nitrogen and oxygen atoms in total. The van der Waals surface area contributed by atoms with E-state index in [0.717, 1.165) is 11.1 Å². The average Bonchev–Trinajstić information content (AvgIpc) is 3.60. The highest BCUT2D eigenvalue weighted by molar-refractivity contribution is 6.71. The minimum Gasteiger partial charge on any atom is -0.432 e. The number of rotatable bonds is 9. The number of nitrogens with one attached hydrogen (secondary N) is 1. The lowest BCUT2D eigenvalue weighted by Crippen LogP contribution is -2.60. The average molecular weight is 807 g/mol. The maximum atomic E-state index is 14.9. The summed E-state index contributed by atoms with van der Waals surface area (Å²) >= 11 is 0. The summed E-state index contributed by atoms with van der Waals surface area (Å²) in [6.07, 6.45) is -9.71. The molecule has 1 spiro atoms. The molecule has 4 aliphatic rings. The third-order valence-electron chi connectivity index (χ3n) is 11.8. The highest BCUT2D eigenvalue weighted by Gasteiger charge is 2.67. The molecule has 0 aromatic heterocycles. The van der Waals surface area contributed by atoms with Crippen LogP contribution in [0.3, 0.4) is 0 Å². The number of carbonyl (C=O) groups excluding carboxylic acids is 3. The van der Waals surface area contributed by atoms with E-state index in [1.165, 1.54) is 35.2 Å². The fraction of sp³-hybridized carbons (Fsp3) is 0.462. The van der Waals surface area contributed by atoms with Gasteiger partial charge in [-0.05, 0) is 54.4 Å². The van der Waals surface area contributed by atoms with E-state index in [1.807, 2.05) is 24.3 Å². The molecular weight excluding hydrogens is 761 g/mol. The molecule has 7 N–H and O–H groups in total. The molecule has 2 fully saturated rings. The number of nitrogens with zero attached hydrogens (tertiary/aromatic N) is 3. The summed E-state index contributed by atoms with van der Waals surface area (Å²) in [5, 5.41) is 64.6. The van der Waals surface area contributed by atoms with Gasteiger partial charge in [-0.15, -0.1) is 0 Å². The lowest BCUT2D eigenvalue weighted by molar-refractivity contribution is -0.385. The van der Waals surface area contributed by atoms with Crippen LogP contribution < -0.4 is 10.2 Å². The third kappa shape index (κ3) is 7.14. The van der Waals surface area contributed by atoms with Crippen LogP contribution in [0.4, 0.5) is 17.1 Å². The fourth-order valence-electron chi connectivity index (χ4n) is 9.04. The molecule has 57 heavy (non-hydrogen) atoms. The SMILES string of the molecule is C[C@H]1[C@H]([Si](C)(C)O)[C@@H](CC(=O)N2Cc3ccccc3C[C@H]2CO)O[C@]12C(=O)N(Cc1ccc(NC(=O)[C@H]3O[C@@H](O)[C@H](O)[C@@H](O)[C@@H]3O)cc1)c1ccc([N+](=O)[O-])cc12. The van der Waals surface area contributed by atoms with Crippen molar-refractivity contribution in [3.63, 3.8) is 0 Å². The van der Waals surface area contributed by atoms with E-state index in [1.54, 1.807) is 37.1 Å². The Balaban J connectivity index is 1.16. The van der Waals surface area contributed by atoms with E-state index in [4.69, 9.17) is 9.47 Å². The van der Waals surface area contributed by atoms with Gasteiger partial charge in [-0.2, -0.15) is 0 Å². The first-order valence-electron chi connectivity index (χ1n) is 18.7. The molecule has 18 heteroatoms. The van der Waals surface area contributed by atoms with Gasteiger partial charge < -0.3 is 54.9 Å². The number of benzene rings is 3. The molecule has 3 aromatic carbocycles. The van der Waals surface area contributed by atoms with Gasteiger partial charge in [0.05, 0.1) is 42.3 Å². The van der Waals surface area contributed by atoms with E-state index >= 15 is 0 Å². The van der Waals surface area contributed by atoms with Crippen molar-refractivity contribution in [2.75, 3.05) is 16.8 Å². The number of anilines is 2. The molecule has 0 unspecified atom stereocenters. The Morgan fingerprint density at radius 2 is 1.68 bits per heavy atom. The molecule has 2 saturated heterocycles. The van der Waals surface area contributed by atoms with Crippen LogP contribution in [-0.2, 0) is 49.0 Å². The molecule has 0 saturated carbocycles. The zero-order valence-corrected chi connectivity index (χ0v) is 32.5. The van der Waals surface area contributed by atoms with Crippen LogP contribution in [-0.4, -0.2) is 116 Å². The van der Waals surface area contributed by atoms with Crippen LogP contribution in [0.15, 0.2) is 66.7 Å². The van der Waals surface area contributed by atoms with Crippen LogP contribution >= 0.6 is 0 Å². The van der Waals surface area contributed by atoms with E-state index in [-0.39, 0.29) is 49.0 Å². The molecule has 4 heterocycles. The molecule has 0 radical (unpaired) electrons. The van der Waals surface area contributed by atoms with Gasteiger partial charge in [0.1, 0.15) is 18.3 Å². The fourth-order valence-corrected chi connectivity index (χ4v) is 11.6. The molecule has 10 atom stereocenters. The Kier molecular flexibility index (Phi) is 10.9. The number of hydrogen-bond donors (Lipinski definition) is 7. The Hall–Kier alpha value is -4.63. The van der Waals surface area contributed by atoms with Gasteiger partial charge in [0.25, 0.3) is 17.5 Å². The van der Waals surface area contributed by atoms with E-state index in [0.29, 0.717) is 17.7 Å². The number of aliphatic hydroxyl groups is 5. The number of amides is 3. The number of aliphatic hydroxyl groups excluding tert-OH is 5. The zero-order chi connectivity index (χ0) is 41.1. The molecule has 304 valence electrons. The Morgan fingerprint density at radius 3 is 2.33 bits per heavy atom. The zero-order valence-electron chi connectivity index (χ0n) is 31.5. The summed E-state index contributed by atoms with van der Waals surface area (Å²) in [6, 6.07) is 17.6. The minimum atomic E-state index is -3.22. The summed E-state index contributed by atoms with van der Waals surface area (Å²) in [6.45, 7) is 5.17. The number of ether oxygens (including phenoxy) is 2. The van der Waals surface area contributed by atoms with Crippen molar-refractivity contribution in [3.8, 4) is 0 Å². The predicted molar refractivity (Wildman–Crippen MR) is 204 cm³/mol. The molecule has 7 rings (SSSR count). The third-order valence-corrected chi connectivity index (χ3v) is 14.4. The summed E-state index contributed by atoms with van der Waals surface area (Å²) < 4.78 is 11.8. The smallest absolute Gasteiger partial charge is 0.269 e. The van der Waals surface area contributed by atoms with Gasteiger partial charge in [0, 0.05) is 41.4 Å². The summed E-state index contributed by atoms with van der Waals surface area (Å²) in [4.78, 5) is 68.2. The largest absolute Gasteiger partial charge is 0.432 e. The monoisotopic (exact) mass is 806 g/mol. The molecular formula is C39H46N4O13Si. The van der Waals surface area contributed by atoms with Crippen LogP contribution in [0.5, 0.6) is 0 Å². The van der Waals surface area contributed by atoms with Crippen molar-refractivity contribution in [2.24, 2.45) is 5.92 Å².